The van der Waals surface area contributed by atoms with E-state index in [0.717, 1.165) is 0 Å². The van der Waals surface area contributed by atoms with Gasteiger partial charge in [-0.25, -0.2) is 0 Å². The second kappa shape index (κ2) is 8.60. The molecule has 0 spiro atoms. The van der Waals surface area contributed by atoms with Gasteiger partial charge in [-0.2, -0.15) is 0 Å². The number of hydrogen-bond acceptors (Lipinski definition) is 3. The zero-order valence-corrected chi connectivity index (χ0v) is 16.9. The van der Waals surface area contributed by atoms with E-state index < -0.39 is 8.24 Å². The summed E-state index contributed by atoms with van der Waals surface area (Å²) in [6.45, 7) is 21.7. The molecule has 0 aliphatic heterocycles. The molecule has 0 saturated heterocycles. The molecule has 0 N–H and O–H groups in total. The van der Waals surface area contributed by atoms with E-state index in [9.17, 15) is 0 Å². The highest BCUT2D eigenvalue weighted by Gasteiger charge is 2.26. The smallest absolute Gasteiger partial charge is 0.160 e. The van der Waals surface area contributed by atoms with Crippen LogP contribution in [0.25, 0.3) is 0 Å². The third kappa shape index (κ3) is 6.88. The van der Waals surface area contributed by atoms with Crippen molar-refractivity contribution >= 4 is 27.9 Å². The summed E-state index contributed by atoms with van der Waals surface area (Å²) in [5, 5.41) is 0. The molecule has 0 rings (SSSR count). The number of nitrogens with zero attached hydrogens (tertiary/aromatic N) is 3. The van der Waals surface area contributed by atoms with Crippen LogP contribution in [0, 0.1) is 0 Å². The van der Waals surface area contributed by atoms with Crippen molar-refractivity contribution in [1.82, 2.24) is 13.0 Å². The third-order valence-electron chi connectivity index (χ3n) is 3.48. The van der Waals surface area contributed by atoms with E-state index in [0.29, 0.717) is 0 Å². The molecule has 0 unspecified atom stereocenters. The highest BCUT2D eigenvalue weighted by molar-refractivity contribution is 6.85. The van der Waals surface area contributed by atoms with Gasteiger partial charge in [0, 0.05) is 0 Å². The van der Waals surface area contributed by atoms with Gasteiger partial charge < -0.3 is 13.0 Å². The first kappa shape index (κ1) is 17.5. The van der Waals surface area contributed by atoms with Crippen molar-refractivity contribution < 1.29 is 0 Å². The molecule has 0 aliphatic rings. The Kier molecular flexibility index (Phi) is 8.87. The molecule has 0 aromatic carbocycles. The standard InChI is InChI=1S/C11H33N3Si3/c1-8-12(9-2)15-14(17(5,6)7)16-13(10-3)11-4/h8-11,15-16H2,1-7H3. The highest BCUT2D eigenvalue weighted by Crippen LogP contribution is 2.08. The Morgan fingerprint density at radius 1 is 0.706 bits per heavy atom. The van der Waals surface area contributed by atoms with Gasteiger partial charge >= 0.3 is 0 Å². The molecule has 0 aliphatic carbocycles. The largest absolute Gasteiger partial charge is 0.354 e. The predicted octanol–water partition coefficient (Wildman–Crippen LogP) is 0.804. The van der Waals surface area contributed by atoms with E-state index in [1.54, 1.807) is 0 Å². The van der Waals surface area contributed by atoms with Crippen LogP contribution in [-0.4, -0.2) is 67.1 Å². The minimum Gasteiger partial charge on any atom is -0.354 e. The van der Waals surface area contributed by atoms with Crippen molar-refractivity contribution in [2.45, 2.75) is 47.3 Å². The molecule has 0 radical (unpaired) electrons. The van der Waals surface area contributed by atoms with E-state index in [4.69, 9.17) is 0 Å². The quantitative estimate of drug-likeness (QED) is 0.582. The number of hydrogen-bond donors (Lipinski definition) is 0. The average Bonchev–Trinajstić information content (AvgIpc) is 2.28. The third-order valence-corrected chi connectivity index (χ3v) is 16.4. The van der Waals surface area contributed by atoms with Crippen molar-refractivity contribution in [3.8, 4) is 0 Å². The molecule has 104 valence electrons. The maximum absolute atomic E-state index is 2.98. The predicted molar refractivity (Wildman–Crippen MR) is 88.1 cm³/mol. The van der Waals surface area contributed by atoms with Gasteiger partial charge in [0.1, 0.15) is 8.24 Å². The van der Waals surface area contributed by atoms with Gasteiger partial charge in [-0.05, 0) is 26.2 Å². The van der Waals surface area contributed by atoms with Crippen LogP contribution in [0.4, 0.5) is 0 Å². The minimum absolute atomic E-state index is 0.178. The van der Waals surface area contributed by atoms with E-state index in [2.05, 4.69) is 60.4 Å². The van der Waals surface area contributed by atoms with Crippen LogP contribution in [0.2, 0.25) is 19.6 Å². The monoisotopic (exact) mass is 291 g/mol. The first-order valence-corrected chi connectivity index (χ1v) is 13.1. The summed E-state index contributed by atoms with van der Waals surface area (Å²) >= 11 is 0. The summed E-state index contributed by atoms with van der Waals surface area (Å²) < 4.78 is 8.36. The van der Waals surface area contributed by atoms with Gasteiger partial charge in [0.2, 0.25) is 0 Å². The van der Waals surface area contributed by atoms with Crippen LogP contribution in [0.15, 0.2) is 0 Å². The van der Waals surface area contributed by atoms with E-state index in [-0.39, 0.29) is 19.7 Å². The van der Waals surface area contributed by atoms with Crippen LogP contribution < -0.4 is 0 Å². The fourth-order valence-corrected chi connectivity index (χ4v) is 10.2. The van der Waals surface area contributed by atoms with Crippen molar-refractivity contribution in [3.63, 3.8) is 0 Å². The molecule has 0 saturated carbocycles. The molecular weight excluding hydrogens is 258 g/mol. The fourth-order valence-electron chi connectivity index (χ4n) is 1.80. The lowest BCUT2D eigenvalue weighted by Gasteiger charge is -2.40. The summed E-state index contributed by atoms with van der Waals surface area (Å²) in [5.41, 5.74) is 0. The normalized spacial score (nSPS) is 14.5. The van der Waals surface area contributed by atoms with E-state index in [1.165, 1.54) is 26.2 Å². The zero-order valence-electron chi connectivity index (χ0n) is 13.1. The van der Waals surface area contributed by atoms with Gasteiger partial charge in [-0.15, -0.1) is 0 Å². The van der Waals surface area contributed by atoms with Crippen LogP contribution in [0.3, 0.4) is 0 Å². The first-order valence-electron chi connectivity index (χ1n) is 7.08. The van der Waals surface area contributed by atoms with Crippen LogP contribution in [-0.2, 0) is 0 Å². The molecule has 17 heavy (non-hydrogen) atoms. The maximum Gasteiger partial charge on any atom is 0.160 e. The fraction of sp³-hybridized carbons (Fsp3) is 1.00. The Morgan fingerprint density at radius 3 is 1.18 bits per heavy atom. The van der Waals surface area contributed by atoms with Gasteiger partial charge in [-0.1, -0.05) is 47.3 Å². The molecule has 3 nitrogen and oxygen atoms in total. The minimum atomic E-state index is -1.10. The topological polar surface area (TPSA) is 9.72 Å². The lowest BCUT2D eigenvalue weighted by Crippen LogP contribution is -2.59. The van der Waals surface area contributed by atoms with Crippen LogP contribution in [0.5, 0.6) is 0 Å². The molecule has 0 aromatic heterocycles. The Labute approximate surface area is 115 Å². The van der Waals surface area contributed by atoms with Crippen molar-refractivity contribution in [2.24, 2.45) is 0 Å². The highest BCUT2D eigenvalue weighted by atomic mass is 28.4. The summed E-state index contributed by atoms with van der Waals surface area (Å²) in [7, 11) is -1.46. The lowest BCUT2D eigenvalue weighted by molar-refractivity contribution is 0.454. The summed E-state index contributed by atoms with van der Waals surface area (Å²) in [5.74, 6) is 0. The average molecular weight is 292 g/mol. The summed E-state index contributed by atoms with van der Waals surface area (Å²) in [6.07, 6.45) is 0. The van der Waals surface area contributed by atoms with Gasteiger partial charge in [0.05, 0.1) is 0 Å². The second-order valence-electron chi connectivity index (χ2n) is 5.60. The van der Waals surface area contributed by atoms with Crippen LogP contribution in [0.1, 0.15) is 27.7 Å². The van der Waals surface area contributed by atoms with Crippen molar-refractivity contribution in [1.29, 1.82) is 0 Å². The summed E-state index contributed by atoms with van der Waals surface area (Å²) in [6, 6.07) is 0. The van der Waals surface area contributed by atoms with Gasteiger partial charge in [0.25, 0.3) is 0 Å². The van der Waals surface area contributed by atoms with Gasteiger partial charge in [0.15, 0.2) is 19.7 Å². The molecule has 0 bridgehead atoms. The van der Waals surface area contributed by atoms with E-state index in [1.807, 2.05) is 0 Å². The molecular formula is C11H33N3Si3. The van der Waals surface area contributed by atoms with E-state index >= 15 is 0 Å². The van der Waals surface area contributed by atoms with Crippen molar-refractivity contribution in [3.05, 3.63) is 0 Å². The first-order chi connectivity index (χ1) is 7.88. The Hall–Kier alpha value is 0.531. The summed E-state index contributed by atoms with van der Waals surface area (Å²) in [4.78, 5) is 0. The Morgan fingerprint density at radius 2 is 1.00 bits per heavy atom. The molecule has 0 aromatic rings. The Balaban J connectivity index is 4.54. The number of rotatable bonds is 9. The zero-order chi connectivity index (χ0) is 13.5. The van der Waals surface area contributed by atoms with Crippen molar-refractivity contribution in [2.75, 3.05) is 26.2 Å². The molecule has 0 amide bonds. The molecule has 0 fully saturated rings. The second-order valence-corrected chi connectivity index (χ2v) is 16.6. The van der Waals surface area contributed by atoms with Gasteiger partial charge in [-0.3, -0.25) is 0 Å². The SMILES string of the molecule is CCN(CC)[SiH2]N([SiH2]N(CC)CC)[Si](C)(C)C. The molecule has 6 heteroatoms. The Bertz CT molecular complexity index is 175. The lowest BCUT2D eigenvalue weighted by atomic mass is 10.7. The van der Waals surface area contributed by atoms with Crippen LogP contribution >= 0.6 is 0 Å². The molecule has 0 heterocycles. The molecule has 0 atom stereocenters. The maximum atomic E-state index is 2.98.